The molecule has 0 aliphatic carbocycles. The van der Waals surface area contributed by atoms with Gasteiger partial charge in [-0.15, -0.1) is 0 Å². The van der Waals surface area contributed by atoms with Crippen LogP contribution in [0.25, 0.3) is 0 Å². The number of para-hydroxylation sites is 2. The van der Waals surface area contributed by atoms with Crippen LogP contribution in [0.3, 0.4) is 0 Å². The second kappa shape index (κ2) is 8.76. The van der Waals surface area contributed by atoms with Gasteiger partial charge in [-0.3, -0.25) is 4.79 Å². The Morgan fingerprint density at radius 3 is 2.46 bits per heavy atom. The molecule has 0 saturated carbocycles. The molecule has 26 heavy (non-hydrogen) atoms. The Morgan fingerprint density at radius 1 is 1.04 bits per heavy atom. The van der Waals surface area contributed by atoms with Gasteiger partial charge in [0.2, 0.25) is 5.91 Å². The van der Waals surface area contributed by atoms with Crippen LogP contribution in [0.4, 0.5) is 11.4 Å². The smallest absolute Gasteiger partial charge is 0.228 e. The van der Waals surface area contributed by atoms with Crippen LogP contribution in [0.15, 0.2) is 42.5 Å². The third-order valence-electron chi connectivity index (χ3n) is 4.69. The van der Waals surface area contributed by atoms with E-state index in [2.05, 4.69) is 28.1 Å². The van der Waals surface area contributed by atoms with Gasteiger partial charge >= 0.3 is 0 Å². The highest BCUT2D eigenvalue weighted by Crippen LogP contribution is 2.27. The van der Waals surface area contributed by atoms with Gasteiger partial charge in [0.1, 0.15) is 0 Å². The largest absolute Gasteiger partial charge is 0.367 e. The van der Waals surface area contributed by atoms with Crippen LogP contribution in [0.2, 0.25) is 10.0 Å². The minimum absolute atomic E-state index is 0.0666. The molecule has 0 radical (unpaired) electrons. The highest BCUT2D eigenvalue weighted by atomic mass is 35.5. The average molecular weight is 392 g/mol. The van der Waals surface area contributed by atoms with Crippen molar-refractivity contribution in [3.8, 4) is 0 Å². The number of hydrogen-bond donors (Lipinski definition) is 1. The van der Waals surface area contributed by atoms with Gasteiger partial charge in [-0.1, -0.05) is 48.3 Å². The highest BCUT2D eigenvalue weighted by molar-refractivity contribution is 6.42. The predicted molar refractivity (Wildman–Crippen MR) is 110 cm³/mol. The number of amides is 1. The number of halogens is 2. The van der Waals surface area contributed by atoms with Crippen LogP contribution in [-0.2, 0) is 11.2 Å². The molecule has 1 saturated heterocycles. The minimum Gasteiger partial charge on any atom is -0.367 e. The molecule has 0 bridgehead atoms. The van der Waals surface area contributed by atoms with Crippen molar-refractivity contribution in [2.24, 2.45) is 0 Å². The Hall–Kier alpha value is -1.75. The molecule has 2 aromatic carbocycles. The molecule has 0 aromatic heterocycles. The molecule has 1 fully saturated rings. The second-order valence-corrected chi connectivity index (χ2v) is 7.23. The first-order valence-electron chi connectivity index (χ1n) is 8.87. The number of nitrogens with zero attached hydrogens (tertiary/aromatic N) is 2. The summed E-state index contributed by atoms with van der Waals surface area (Å²) in [5.41, 5.74) is 2.76. The second-order valence-electron chi connectivity index (χ2n) is 6.41. The summed E-state index contributed by atoms with van der Waals surface area (Å²) in [6, 6.07) is 13.2. The summed E-state index contributed by atoms with van der Waals surface area (Å²) in [5.74, 6) is -0.0666. The Bertz CT molecular complexity index is 773. The Labute approximate surface area is 164 Å². The number of carbonyl (C=O) groups excluding carboxylic acids is 1. The van der Waals surface area contributed by atoms with Crippen LogP contribution in [0, 0.1) is 0 Å². The monoisotopic (exact) mass is 391 g/mol. The van der Waals surface area contributed by atoms with E-state index >= 15 is 0 Å². The van der Waals surface area contributed by atoms with E-state index in [1.54, 1.807) is 12.1 Å². The number of rotatable bonds is 5. The lowest BCUT2D eigenvalue weighted by Crippen LogP contribution is -2.46. The van der Waals surface area contributed by atoms with E-state index in [9.17, 15) is 4.79 Å². The van der Waals surface area contributed by atoms with Crippen LogP contribution in [-0.4, -0.2) is 43.5 Å². The topological polar surface area (TPSA) is 35.6 Å². The van der Waals surface area contributed by atoms with Crippen molar-refractivity contribution < 1.29 is 4.79 Å². The van der Waals surface area contributed by atoms with Gasteiger partial charge in [-0.05, 0) is 36.4 Å². The van der Waals surface area contributed by atoms with Gasteiger partial charge in [-0.25, -0.2) is 0 Å². The van der Waals surface area contributed by atoms with E-state index in [4.69, 9.17) is 23.2 Å². The lowest BCUT2D eigenvalue weighted by atomic mass is 10.1. The molecule has 0 atom stereocenters. The number of piperazine rings is 1. The third kappa shape index (κ3) is 4.70. The molecule has 1 amide bonds. The molecule has 0 spiro atoms. The van der Waals surface area contributed by atoms with Crippen LogP contribution < -0.4 is 10.2 Å². The van der Waals surface area contributed by atoms with E-state index in [1.165, 1.54) is 0 Å². The van der Waals surface area contributed by atoms with Crippen molar-refractivity contribution in [3.63, 3.8) is 0 Å². The van der Waals surface area contributed by atoms with Crippen molar-refractivity contribution >= 4 is 40.5 Å². The number of carbonyl (C=O) groups is 1. The molecule has 1 aliphatic rings. The molecule has 1 N–H and O–H groups in total. The fourth-order valence-electron chi connectivity index (χ4n) is 3.19. The summed E-state index contributed by atoms with van der Waals surface area (Å²) < 4.78 is 0. The standard InChI is InChI=1S/C20H23Cl2N3O/c1-2-24-9-11-25(12-10-24)19-6-4-3-5-18(19)23-20(26)14-15-7-8-16(21)17(22)13-15/h3-8,13H,2,9-12,14H2,1H3,(H,23,26). The van der Waals surface area contributed by atoms with E-state index in [0.717, 1.165) is 49.7 Å². The Morgan fingerprint density at radius 2 is 1.77 bits per heavy atom. The van der Waals surface area contributed by atoms with Gasteiger partial charge in [0.15, 0.2) is 0 Å². The first-order valence-corrected chi connectivity index (χ1v) is 9.62. The summed E-state index contributed by atoms with van der Waals surface area (Å²) in [4.78, 5) is 17.3. The minimum atomic E-state index is -0.0666. The summed E-state index contributed by atoms with van der Waals surface area (Å²) in [7, 11) is 0. The summed E-state index contributed by atoms with van der Waals surface area (Å²) >= 11 is 12.0. The quantitative estimate of drug-likeness (QED) is 0.824. The first kappa shape index (κ1) is 19.0. The third-order valence-corrected chi connectivity index (χ3v) is 5.43. The van der Waals surface area contributed by atoms with Crippen molar-refractivity contribution in [1.29, 1.82) is 0 Å². The van der Waals surface area contributed by atoms with Gasteiger partial charge in [0.25, 0.3) is 0 Å². The average Bonchev–Trinajstić information content (AvgIpc) is 2.65. The molecule has 138 valence electrons. The predicted octanol–water partition coefficient (Wildman–Crippen LogP) is 4.32. The normalized spacial score (nSPS) is 15.1. The number of benzene rings is 2. The molecular weight excluding hydrogens is 369 g/mol. The molecule has 4 nitrogen and oxygen atoms in total. The molecule has 6 heteroatoms. The Kier molecular flexibility index (Phi) is 6.41. The first-order chi connectivity index (χ1) is 12.6. The van der Waals surface area contributed by atoms with Crippen LogP contribution >= 0.6 is 23.2 Å². The van der Waals surface area contributed by atoms with Crippen molar-refractivity contribution in [2.45, 2.75) is 13.3 Å². The molecule has 1 aliphatic heterocycles. The number of hydrogen-bond acceptors (Lipinski definition) is 3. The fraction of sp³-hybridized carbons (Fsp3) is 0.350. The SMILES string of the molecule is CCN1CCN(c2ccccc2NC(=O)Cc2ccc(Cl)c(Cl)c2)CC1. The molecule has 0 unspecified atom stereocenters. The molecular formula is C20H23Cl2N3O. The summed E-state index contributed by atoms with van der Waals surface area (Å²) in [6.45, 7) is 7.29. The number of likely N-dealkylation sites (N-methyl/N-ethyl adjacent to an activating group) is 1. The van der Waals surface area contributed by atoms with Gasteiger partial charge in [0, 0.05) is 26.2 Å². The maximum Gasteiger partial charge on any atom is 0.228 e. The molecule has 3 rings (SSSR count). The van der Waals surface area contributed by atoms with E-state index in [0.29, 0.717) is 10.0 Å². The van der Waals surface area contributed by atoms with Crippen molar-refractivity contribution in [3.05, 3.63) is 58.1 Å². The van der Waals surface area contributed by atoms with Crippen LogP contribution in [0.5, 0.6) is 0 Å². The van der Waals surface area contributed by atoms with E-state index in [1.807, 2.05) is 24.3 Å². The van der Waals surface area contributed by atoms with E-state index < -0.39 is 0 Å². The fourth-order valence-corrected chi connectivity index (χ4v) is 3.51. The lowest BCUT2D eigenvalue weighted by Gasteiger charge is -2.36. The number of anilines is 2. The van der Waals surface area contributed by atoms with Gasteiger partial charge < -0.3 is 15.1 Å². The summed E-state index contributed by atoms with van der Waals surface area (Å²) in [5, 5.41) is 4.00. The van der Waals surface area contributed by atoms with Gasteiger partial charge in [0.05, 0.1) is 27.8 Å². The number of nitrogens with one attached hydrogen (secondary N) is 1. The molecule has 2 aromatic rings. The van der Waals surface area contributed by atoms with E-state index in [-0.39, 0.29) is 12.3 Å². The lowest BCUT2D eigenvalue weighted by molar-refractivity contribution is -0.115. The Balaban J connectivity index is 1.68. The van der Waals surface area contributed by atoms with Crippen LogP contribution in [0.1, 0.15) is 12.5 Å². The zero-order valence-electron chi connectivity index (χ0n) is 14.8. The summed E-state index contributed by atoms with van der Waals surface area (Å²) in [6.07, 6.45) is 0.259. The highest BCUT2D eigenvalue weighted by Gasteiger charge is 2.18. The van der Waals surface area contributed by atoms with Crippen molar-refractivity contribution in [1.82, 2.24) is 4.90 Å². The zero-order valence-corrected chi connectivity index (χ0v) is 16.4. The zero-order chi connectivity index (χ0) is 18.5. The van der Waals surface area contributed by atoms with Crippen molar-refractivity contribution in [2.75, 3.05) is 42.9 Å². The van der Waals surface area contributed by atoms with Gasteiger partial charge in [-0.2, -0.15) is 0 Å². The maximum absolute atomic E-state index is 12.5. The maximum atomic E-state index is 12.5. The molecule has 1 heterocycles.